The summed E-state index contributed by atoms with van der Waals surface area (Å²) in [4.78, 5) is 10.7. The van der Waals surface area contributed by atoms with E-state index in [-0.39, 0.29) is 0 Å². The van der Waals surface area contributed by atoms with Crippen LogP contribution < -0.4 is 0 Å². The molecule has 0 amide bonds. The van der Waals surface area contributed by atoms with Crippen LogP contribution in [-0.2, 0) is 4.79 Å². The summed E-state index contributed by atoms with van der Waals surface area (Å²) in [5.74, 6) is 0.327. The minimum Gasteiger partial charge on any atom is -0.300 e. The number of rotatable bonds is 11. The van der Waals surface area contributed by atoms with Gasteiger partial charge in [0.2, 0.25) is 0 Å². The Morgan fingerprint density at radius 2 is 1.53 bits per heavy atom. The van der Waals surface area contributed by atoms with E-state index in [0.29, 0.717) is 5.78 Å². The van der Waals surface area contributed by atoms with Gasteiger partial charge < -0.3 is 4.79 Å². The molecule has 0 atom stereocenters. The Labute approximate surface area is 107 Å². The first-order valence-electron chi connectivity index (χ1n) is 7.06. The summed E-state index contributed by atoms with van der Waals surface area (Å²) >= 11 is 0. The first-order chi connectivity index (χ1) is 8.27. The SMILES string of the molecule is CCC=CCC=CCCCCCCCC(C)=O. The number of hydrogen-bond acceptors (Lipinski definition) is 1. The van der Waals surface area contributed by atoms with Crippen LogP contribution in [0.25, 0.3) is 0 Å². The maximum absolute atomic E-state index is 10.7. The molecule has 0 aliphatic rings. The summed E-state index contributed by atoms with van der Waals surface area (Å²) in [6, 6.07) is 0. The van der Waals surface area contributed by atoms with Crippen molar-refractivity contribution in [2.45, 2.75) is 71.6 Å². The number of Topliss-reactive ketones (excluding diaryl/α,β-unsaturated/α-hetero) is 1. The summed E-state index contributed by atoms with van der Waals surface area (Å²) in [5, 5.41) is 0. The molecule has 0 rings (SSSR count). The predicted molar refractivity (Wildman–Crippen MR) is 76.2 cm³/mol. The highest BCUT2D eigenvalue weighted by Crippen LogP contribution is 2.08. The average Bonchev–Trinajstić information content (AvgIpc) is 2.30. The summed E-state index contributed by atoms with van der Waals surface area (Å²) in [7, 11) is 0. The second kappa shape index (κ2) is 13.2. The van der Waals surface area contributed by atoms with Crippen LogP contribution in [0.5, 0.6) is 0 Å². The van der Waals surface area contributed by atoms with Gasteiger partial charge in [0, 0.05) is 6.42 Å². The number of carbonyl (C=O) groups excluding carboxylic acids is 1. The van der Waals surface area contributed by atoms with Crippen molar-refractivity contribution < 1.29 is 4.79 Å². The molecule has 1 nitrogen and oxygen atoms in total. The Hall–Kier alpha value is -0.850. The van der Waals surface area contributed by atoms with E-state index in [1.165, 1.54) is 32.1 Å². The molecule has 17 heavy (non-hydrogen) atoms. The number of ketones is 1. The van der Waals surface area contributed by atoms with Crippen LogP contribution in [0.1, 0.15) is 71.6 Å². The fraction of sp³-hybridized carbons (Fsp3) is 0.688. The van der Waals surface area contributed by atoms with Gasteiger partial charge in [0.1, 0.15) is 5.78 Å². The number of carbonyl (C=O) groups is 1. The number of hydrogen-bond donors (Lipinski definition) is 0. The van der Waals surface area contributed by atoms with Crippen LogP contribution in [0, 0.1) is 0 Å². The van der Waals surface area contributed by atoms with Crippen molar-refractivity contribution in [1.82, 2.24) is 0 Å². The molecule has 0 saturated carbocycles. The minimum atomic E-state index is 0.327. The molecule has 98 valence electrons. The second-order valence-corrected chi connectivity index (χ2v) is 4.60. The standard InChI is InChI=1S/C16H28O/c1-3-4-5-6-7-8-9-10-11-12-13-14-15-16(2)17/h4-5,7-8H,3,6,9-15H2,1-2H3. The third kappa shape index (κ3) is 15.1. The largest absolute Gasteiger partial charge is 0.300 e. The lowest BCUT2D eigenvalue weighted by Gasteiger charge is -1.98. The molecule has 0 aliphatic carbocycles. The number of allylic oxidation sites excluding steroid dienone is 4. The molecule has 0 spiro atoms. The van der Waals surface area contributed by atoms with Crippen molar-refractivity contribution in [3.63, 3.8) is 0 Å². The maximum atomic E-state index is 10.7. The predicted octanol–water partition coefficient (Wildman–Crippen LogP) is 5.22. The zero-order valence-corrected chi connectivity index (χ0v) is 11.6. The van der Waals surface area contributed by atoms with E-state index in [2.05, 4.69) is 31.2 Å². The first kappa shape index (κ1) is 16.1. The molecular weight excluding hydrogens is 208 g/mol. The maximum Gasteiger partial charge on any atom is 0.129 e. The Morgan fingerprint density at radius 3 is 2.24 bits per heavy atom. The van der Waals surface area contributed by atoms with Crippen LogP contribution >= 0.6 is 0 Å². The van der Waals surface area contributed by atoms with Crippen LogP contribution in [0.3, 0.4) is 0 Å². The third-order valence-electron chi connectivity index (χ3n) is 2.74. The molecule has 0 N–H and O–H groups in total. The van der Waals surface area contributed by atoms with Crippen LogP contribution in [0.2, 0.25) is 0 Å². The lowest BCUT2D eigenvalue weighted by molar-refractivity contribution is -0.117. The first-order valence-corrected chi connectivity index (χ1v) is 7.06. The highest BCUT2D eigenvalue weighted by Gasteiger charge is 1.93. The van der Waals surface area contributed by atoms with Gasteiger partial charge in [0.25, 0.3) is 0 Å². The zero-order valence-electron chi connectivity index (χ0n) is 11.6. The van der Waals surface area contributed by atoms with Crippen molar-refractivity contribution in [1.29, 1.82) is 0 Å². The quantitative estimate of drug-likeness (QED) is 0.355. The highest BCUT2D eigenvalue weighted by atomic mass is 16.1. The lowest BCUT2D eigenvalue weighted by atomic mass is 10.1. The Morgan fingerprint density at radius 1 is 0.882 bits per heavy atom. The molecule has 0 bridgehead atoms. The van der Waals surface area contributed by atoms with Gasteiger partial charge in [0.15, 0.2) is 0 Å². The van der Waals surface area contributed by atoms with E-state index in [0.717, 1.165) is 25.7 Å². The summed E-state index contributed by atoms with van der Waals surface area (Å²) in [5.41, 5.74) is 0. The van der Waals surface area contributed by atoms with Gasteiger partial charge in [-0.25, -0.2) is 0 Å². The molecule has 0 saturated heterocycles. The van der Waals surface area contributed by atoms with Gasteiger partial charge in [-0.3, -0.25) is 0 Å². The van der Waals surface area contributed by atoms with Gasteiger partial charge in [-0.05, 0) is 39.0 Å². The minimum absolute atomic E-state index is 0.327. The Balaban J connectivity index is 3.12. The van der Waals surface area contributed by atoms with E-state index in [4.69, 9.17) is 0 Å². The van der Waals surface area contributed by atoms with Gasteiger partial charge in [0.05, 0.1) is 0 Å². The molecule has 1 heteroatoms. The average molecular weight is 236 g/mol. The van der Waals surface area contributed by atoms with E-state index >= 15 is 0 Å². The van der Waals surface area contributed by atoms with Gasteiger partial charge in [-0.1, -0.05) is 50.5 Å². The summed E-state index contributed by atoms with van der Waals surface area (Å²) < 4.78 is 0. The molecule has 0 aromatic heterocycles. The second-order valence-electron chi connectivity index (χ2n) is 4.60. The van der Waals surface area contributed by atoms with E-state index in [9.17, 15) is 4.79 Å². The topological polar surface area (TPSA) is 17.1 Å². The normalized spacial score (nSPS) is 11.6. The number of unbranched alkanes of at least 4 members (excludes halogenated alkanes) is 5. The van der Waals surface area contributed by atoms with Crippen LogP contribution in [0.15, 0.2) is 24.3 Å². The Bertz CT molecular complexity index is 226. The molecule has 0 unspecified atom stereocenters. The molecule has 0 heterocycles. The van der Waals surface area contributed by atoms with Crippen molar-refractivity contribution in [2.75, 3.05) is 0 Å². The smallest absolute Gasteiger partial charge is 0.129 e. The summed E-state index contributed by atoms with van der Waals surface area (Å²) in [6.45, 7) is 3.84. The van der Waals surface area contributed by atoms with E-state index in [1.807, 2.05) is 0 Å². The highest BCUT2D eigenvalue weighted by molar-refractivity contribution is 5.75. The van der Waals surface area contributed by atoms with Crippen molar-refractivity contribution in [2.24, 2.45) is 0 Å². The fourth-order valence-corrected chi connectivity index (χ4v) is 1.72. The van der Waals surface area contributed by atoms with Crippen LogP contribution in [-0.4, -0.2) is 5.78 Å². The summed E-state index contributed by atoms with van der Waals surface area (Å²) in [6.07, 6.45) is 19.3. The Kier molecular flexibility index (Phi) is 12.6. The third-order valence-corrected chi connectivity index (χ3v) is 2.74. The van der Waals surface area contributed by atoms with E-state index < -0.39 is 0 Å². The molecular formula is C16H28O. The van der Waals surface area contributed by atoms with Gasteiger partial charge >= 0.3 is 0 Å². The molecule has 0 aromatic rings. The van der Waals surface area contributed by atoms with Crippen molar-refractivity contribution >= 4 is 5.78 Å². The van der Waals surface area contributed by atoms with Crippen molar-refractivity contribution in [3.05, 3.63) is 24.3 Å². The monoisotopic (exact) mass is 236 g/mol. The molecule has 0 radical (unpaired) electrons. The molecule has 0 fully saturated rings. The van der Waals surface area contributed by atoms with E-state index in [1.54, 1.807) is 6.92 Å². The molecule has 0 aromatic carbocycles. The van der Waals surface area contributed by atoms with Gasteiger partial charge in [-0.2, -0.15) is 0 Å². The van der Waals surface area contributed by atoms with Crippen LogP contribution in [0.4, 0.5) is 0 Å². The zero-order chi connectivity index (χ0) is 12.8. The fourth-order valence-electron chi connectivity index (χ4n) is 1.72. The lowest BCUT2D eigenvalue weighted by Crippen LogP contribution is -1.89. The molecule has 0 aliphatic heterocycles. The van der Waals surface area contributed by atoms with Crippen molar-refractivity contribution in [3.8, 4) is 0 Å². The van der Waals surface area contributed by atoms with Gasteiger partial charge in [-0.15, -0.1) is 0 Å².